The lowest BCUT2D eigenvalue weighted by molar-refractivity contribution is -0.284. The van der Waals surface area contributed by atoms with E-state index in [9.17, 15) is 24.0 Å². The fourth-order valence-corrected chi connectivity index (χ4v) is 7.10. The first kappa shape index (κ1) is 45.3. The van der Waals surface area contributed by atoms with Crippen molar-refractivity contribution in [2.75, 3.05) is 7.11 Å². The van der Waals surface area contributed by atoms with Gasteiger partial charge in [-0.25, -0.2) is 19.2 Å². The number of esters is 5. The quantitative estimate of drug-likeness (QED) is 0.0675. The number of carbonyl (C=O) groups is 5. The van der Waals surface area contributed by atoms with Gasteiger partial charge in [0, 0.05) is 13.3 Å². The molecule has 1 heterocycles. The van der Waals surface area contributed by atoms with Crippen molar-refractivity contribution in [3.05, 3.63) is 203 Å². The molecule has 13 heteroatoms. The Morgan fingerprint density at radius 3 is 1.51 bits per heavy atom. The van der Waals surface area contributed by atoms with Crippen molar-refractivity contribution in [2.45, 2.75) is 63.7 Å². The standard InChI is InChI=1S/C52H46O13/c1-33(60-48(54)37-16-8-4-9-17-37)44-45(62-49(55)38-18-10-5-11-19-38)46(63-50(56)39-20-12-6-13-21-39)47(64-51(57)40-22-14-7-15-23-40)52(65-44)61-43-31-36(32-59-34(2)53)24-27-41(43)30-35-25-28-42(58-3)29-26-35/h4-29,31,33,44-47,52H,30,32H2,1-3H3/t33-,44-,45-,46+,47-,52-/m1/s1. The van der Waals surface area contributed by atoms with E-state index in [0.717, 1.165) is 5.56 Å². The summed E-state index contributed by atoms with van der Waals surface area (Å²) in [6.45, 7) is 2.73. The van der Waals surface area contributed by atoms with Crippen LogP contribution in [0.5, 0.6) is 11.5 Å². The van der Waals surface area contributed by atoms with E-state index in [2.05, 4.69) is 0 Å². The van der Waals surface area contributed by atoms with Crippen LogP contribution in [0, 0.1) is 0 Å². The van der Waals surface area contributed by atoms with Crippen LogP contribution in [0.25, 0.3) is 0 Å². The van der Waals surface area contributed by atoms with E-state index in [1.54, 1.807) is 122 Å². The number of benzene rings is 6. The SMILES string of the molecule is COc1ccc(Cc2ccc(COC(C)=O)cc2O[C@@H]2O[C@H]([C@@H](C)OC(=O)c3ccccc3)[C@@H](OC(=O)c3ccccc3)[C@H](OC(=O)c3ccccc3)[C@H]2OC(=O)c2ccccc2)cc1. The molecular formula is C52H46O13. The first-order valence-electron chi connectivity index (χ1n) is 20.8. The lowest BCUT2D eigenvalue weighted by Crippen LogP contribution is -2.65. The van der Waals surface area contributed by atoms with Gasteiger partial charge in [-0.3, -0.25) is 4.79 Å². The minimum atomic E-state index is -1.65. The maximum atomic E-state index is 14.2. The molecule has 6 aromatic rings. The second-order valence-corrected chi connectivity index (χ2v) is 15.0. The lowest BCUT2D eigenvalue weighted by Gasteiger charge is -2.45. The van der Waals surface area contributed by atoms with Gasteiger partial charge in [-0.2, -0.15) is 0 Å². The molecule has 332 valence electrons. The molecule has 7 rings (SSSR count). The van der Waals surface area contributed by atoms with Crippen molar-refractivity contribution < 1.29 is 61.9 Å². The predicted molar refractivity (Wildman–Crippen MR) is 235 cm³/mol. The van der Waals surface area contributed by atoms with Gasteiger partial charge in [0.25, 0.3) is 0 Å². The molecule has 0 amide bonds. The van der Waals surface area contributed by atoms with Crippen molar-refractivity contribution in [1.82, 2.24) is 0 Å². The summed E-state index contributed by atoms with van der Waals surface area (Å²) in [4.78, 5) is 67.9. The molecule has 0 bridgehead atoms. The summed E-state index contributed by atoms with van der Waals surface area (Å²) in [7, 11) is 1.57. The van der Waals surface area contributed by atoms with E-state index in [0.29, 0.717) is 23.3 Å². The summed E-state index contributed by atoms with van der Waals surface area (Å²) in [6, 6.07) is 45.2. The Morgan fingerprint density at radius 1 is 0.554 bits per heavy atom. The Kier molecular flexibility index (Phi) is 15.0. The van der Waals surface area contributed by atoms with Gasteiger partial charge in [0.15, 0.2) is 12.2 Å². The van der Waals surface area contributed by atoms with Crippen LogP contribution in [-0.2, 0) is 46.2 Å². The van der Waals surface area contributed by atoms with E-state index >= 15 is 0 Å². The zero-order valence-corrected chi connectivity index (χ0v) is 35.8. The molecule has 6 aromatic carbocycles. The minimum Gasteiger partial charge on any atom is -0.497 e. The summed E-state index contributed by atoms with van der Waals surface area (Å²) >= 11 is 0. The number of rotatable bonds is 16. The normalized spacial score (nSPS) is 18.2. The third kappa shape index (κ3) is 11.8. The van der Waals surface area contributed by atoms with Gasteiger partial charge in [-0.05, 0) is 90.3 Å². The largest absolute Gasteiger partial charge is 0.497 e. The lowest BCUT2D eigenvalue weighted by atomic mass is 9.94. The number of carbonyl (C=O) groups excluding carboxylic acids is 5. The Labute approximate surface area is 375 Å². The van der Waals surface area contributed by atoms with E-state index in [1.165, 1.54) is 38.1 Å². The molecule has 1 aliphatic heterocycles. The average molecular weight is 879 g/mol. The summed E-state index contributed by atoms with van der Waals surface area (Å²) in [5.74, 6) is -2.87. The molecule has 0 aliphatic carbocycles. The fraction of sp³-hybridized carbons (Fsp3) is 0.212. The third-order valence-electron chi connectivity index (χ3n) is 10.4. The fourth-order valence-electron chi connectivity index (χ4n) is 7.10. The zero-order chi connectivity index (χ0) is 45.7. The first-order chi connectivity index (χ1) is 31.6. The topological polar surface area (TPSA) is 159 Å². The molecule has 1 saturated heterocycles. The molecule has 0 saturated carbocycles. The maximum Gasteiger partial charge on any atom is 0.338 e. The third-order valence-corrected chi connectivity index (χ3v) is 10.4. The summed E-state index contributed by atoms with van der Waals surface area (Å²) in [6.07, 6.45) is -8.84. The first-order valence-corrected chi connectivity index (χ1v) is 20.8. The van der Waals surface area contributed by atoms with Crippen LogP contribution in [0.1, 0.15) is 72.0 Å². The van der Waals surface area contributed by atoms with E-state index in [-0.39, 0.29) is 34.6 Å². The van der Waals surface area contributed by atoms with Crippen LogP contribution >= 0.6 is 0 Å². The summed E-state index contributed by atoms with van der Waals surface area (Å²) in [5, 5.41) is 0. The van der Waals surface area contributed by atoms with E-state index in [4.69, 9.17) is 37.9 Å². The van der Waals surface area contributed by atoms with Gasteiger partial charge in [0.05, 0.1) is 29.4 Å². The van der Waals surface area contributed by atoms with Crippen molar-refractivity contribution in [2.24, 2.45) is 0 Å². The smallest absolute Gasteiger partial charge is 0.338 e. The second kappa shape index (κ2) is 21.5. The molecule has 13 nitrogen and oxygen atoms in total. The zero-order valence-electron chi connectivity index (χ0n) is 35.8. The van der Waals surface area contributed by atoms with Crippen molar-refractivity contribution in [3.8, 4) is 11.5 Å². The molecule has 0 aromatic heterocycles. The highest BCUT2D eigenvalue weighted by Crippen LogP contribution is 2.36. The van der Waals surface area contributed by atoms with E-state index < -0.39 is 66.7 Å². The van der Waals surface area contributed by atoms with Crippen LogP contribution < -0.4 is 9.47 Å². The molecule has 65 heavy (non-hydrogen) atoms. The molecule has 0 unspecified atom stereocenters. The molecule has 6 atom stereocenters. The number of ether oxygens (including phenoxy) is 8. The van der Waals surface area contributed by atoms with Crippen LogP contribution in [0.4, 0.5) is 0 Å². The van der Waals surface area contributed by atoms with Gasteiger partial charge >= 0.3 is 29.8 Å². The molecule has 1 aliphatic rings. The van der Waals surface area contributed by atoms with Gasteiger partial charge in [-0.15, -0.1) is 0 Å². The van der Waals surface area contributed by atoms with Gasteiger partial charge in [-0.1, -0.05) is 97.1 Å². The highest BCUT2D eigenvalue weighted by atomic mass is 16.7. The van der Waals surface area contributed by atoms with Gasteiger partial charge in [0.1, 0.15) is 30.3 Å². The number of hydrogen-bond donors (Lipinski definition) is 0. The summed E-state index contributed by atoms with van der Waals surface area (Å²) < 4.78 is 49.0. The second-order valence-electron chi connectivity index (χ2n) is 15.0. The monoisotopic (exact) mass is 878 g/mol. The molecule has 0 N–H and O–H groups in total. The van der Waals surface area contributed by atoms with Crippen molar-refractivity contribution in [3.63, 3.8) is 0 Å². The van der Waals surface area contributed by atoms with Crippen molar-refractivity contribution in [1.29, 1.82) is 0 Å². The van der Waals surface area contributed by atoms with Gasteiger partial charge < -0.3 is 37.9 Å². The van der Waals surface area contributed by atoms with Crippen LogP contribution in [0.2, 0.25) is 0 Å². The van der Waals surface area contributed by atoms with Crippen LogP contribution in [0.15, 0.2) is 164 Å². The number of methoxy groups -OCH3 is 1. The Bertz CT molecular complexity index is 2550. The Balaban J connectivity index is 1.36. The molecule has 1 fully saturated rings. The summed E-state index contributed by atoms with van der Waals surface area (Å²) in [5.41, 5.74) is 2.72. The molecule has 0 spiro atoms. The maximum absolute atomic E-state index is 14.2. The molecule has 0 radical (unpaired) electrons. The highest BCUT2D eigenvalue weighted by molar-refractivity contribution is 5.91. The predicted octanol–water partition coefficient (Wildman–Crippen LogP) is 8.38. The highest BCUT2D eigenvalue weighted by Gasteiger charge is 2.56. The van der Waals surface area contributed by atoms with Gasteiger partial charge in [0.2, 0.25) is 12.4 Å². The van der Waals surface area contributed by atoms with Crippen LogP contribution in [-0.4, -0.2) is 73.8 Å². The van der Waals surface area contributed by atoms with Crippen LogP contribution in [0.3, 0.4) is 0 Å². The minimum absolute atomic E-state index is 0.101. The Hall–Kier alpha value is -7.77. The van der Waals surface area contributed by atoms with Crippen molar-refractivity contribution >= 4 is 29.8 Å². The average Bonchev–Trinajstić information content (AvgIpc) is 3.34. The van der Waals surface area contributed by atoms with E-state index in [1.807, 2.05) is 24.3 Å². The Morgan fingerprint density at radius 2 is 1.02 bits per heavy atom. The molecular weight excluding hydrogens is 833 g/mol. The number of hydrogen-bond acceptors (Lipinski definition) is 13.